The minimum atomic E-state index is -2.79. The zero-order chi connectivity index (χ0) is 10.6. The van der Waals surface area contributed by atoms with Crippen LogP contribution in [0.2, 0.25) is 0 Å². The summed E-state index contributed by atoms with van der Waals surface area (Å²) in [4.78, 5) is 0. The first-order valence-electron chi connectivity index (χ1n) is 3.94. The molecule has 1 rings (SSSR count). The second-order valence-corrected chi connectivity index (χ2v) is 2.69. The molecule has 0 heterocycles. The van der Waals surface area contributed by atoms with Gasteiger partial charge in [-0.25, -0.2) is 0 Å². The molecule has 0 amide bonds. The van der Waals surface area contributed by atoms with Crippen LogP contribution in [0.5, 0.6) is 0 Å². The summed E-state index contributed by atoms with van der Waals surface area (Å²) in [5.74, 6) is 0. The van der Waals surface area contributed by atoms with E-state index >= 15 is 0 Å². The van der Waals surface area contributed by atoms with Gasteiger partial charge in [0.2, 0.25) is 0 Å². The smallest absolute Gasteiger partial charge is 0.423 e. The van der Waals surface area contributed by atoms with Gasteiger partial charge in [-0.15, -0.1) is 0 Å². The topological polar surface area (TPSA) is 49.7 Å². The van der Waals surface area contributed by atoms with Crippen LogP contribution in [0.1, 0.15) is 5.56 Å². The summed E-state index contributed by atoms with van der Waals surface area (Å²) in [6, 6.07) is 5.87. The monoisotopic (exact) mass is 202 g/mol. The van der Waals surface area contributed by atoms with Gasteiger partial charge in [0, 0.05) is 0 Å². The van der Waals surface area contributed by atoms with Crippen molar-refractivity contribution in [3.05, 3.63) is 29.8 Å². The molecule has 0 fully saturated rings. The summed E-state index contributed by atoms with van der Waals surface area (Å²) in [6.45, 7) is -2.99. The average Bonchev–Trinajstić information content (AvgIpc) is 2.15. The molecular weight excluding hydrogens is 193 g/mol. The van der Waals surface area contributed by atoms with Crippen molar-refractivity contribution in [2.45, 2.75) is 13.2 Å². The number of alkyl halides is 2. The minimum Gasteiger partial charge on any atom is -0.423 e. The fraction of sp³-hybridized carbons (Fsp3) is 0.250. The molecule has 0 aliphatic heterocycles. The van der Waals surface area contributed by atoms with Crippen LogP contribution in [-0.2, 0) is 11.3 Å². The van der Waals surface area contributed by atoms with Gasteiger partial charge in [-0.05, 0) is 11.0 Å². The van der Waals surface area contributed by atoms with Crippen molar-refractivity contribution in [2.24, 2.45) is 0 Å². The van der Waals surface area contributed by atoms with Crippen molar-refractivity contribution in [1.29, 1.82) is 0 Å². The van der Waals surface area contributed by atoms with Crippen molar-refractivity contribution in [1.82, 2.24) is 0 Å². The lowest BCUT2D eigenvalue weighted by molar-refractivity contribution is -0.137. The van der Waals surface area contributed by atoms with Crippen LogP contribution in [0.4, 0.5) is 8.78 Å². The standard InChI is InChI=1S/C8H9BF2O3/c10-8(11)14-5-6-1-3-7(4-2-6)9(12)13/h1-4,8,12-13H,5H2. The van der Waals surface area contributed by atoms with Crippen LogP contribution in [0.15, 0.2) is 24.3 Å². The van der Waals surface area contributed by atoms with E-state index in [0.29, 0.717) is 11.0 Å². The van der Waals surface area contributed by atoms with Crippen LogP contribution >= 0.6 is 0 Å². The number of halogens is 2. The van der Waals surface area contributed by atoms with Crippen molar-refractivity contribution in [2.75, 3.05) is 0 Å². The molecule has 14 heavy (non-hydrogen) atoms. The van der Waals surface area contributed by atoms with E-state index in [1.54, 1.807) is 0 Å². The van der Waals surface area contributed by atoms with E-state index < -0.39 is 13.7 Å². The minimum absolute atomic E-state index is 0.195. The molecule has 0 saturated carbocycles. The maximum absolute atomic E-state index is 11.6. The lowest BCUT2D eigenvalue weighted by Crippen LogP contribution is -2.29. The van der Waals surface area contributed by atoms with Gasteiger partial charge in [-0.1, -0.05) is 24.3 Å². The van der Waals surface area contributed by atoms with Crippen molar-refractivity contribution in [3.63, 3.8) is 0 Å². The molecule has 1 aromatic rings. The van der Waals surface area contributed by atoms with E-state index in [1.165, 1.54) is 24.3 Å². The molecule has 6 heteroatoms. The van der Waals surface area contributed by atoms with Gasteiger partial charge in [0.15, 0.2) is 0 Å². The van der Waals surface area contributed by atoms with Gasteiger partial charge in [0.25, 0.3) is 0 Å². The Morgan fingerprint density at radius 3 is 2.21 bits per heavy atom. The molecule has 1 aromatic carbocycles. The molecule has 0 aliphatic rings. The van der Waals surface area contributed by atoms with Crippen LogP contribution in [-0.4, -0.2) is 23.8 Å². The van der Waals surface area contributed by atoms with Crippen LogP contribution in [0.25, 0.3) is 0 Å². The second kappa shape index (κ2) is 5.04. The van der Waals surface area contributed by atoms with Gasteiger partial charge in [0.05, 0.1) is 6.61 Å². The second-order valence-electron chi connectivity index (χ2n) is 2.69. The summed E-state index contributed by atoms with van der Waals surface area (Å²) >= 11 is 0. The summed E-state index contributed by atoms with van der Waals surface area (Å²) in [7, 11) is -1.54. The number of ether oxygens (including phenoxy) is 1. The average molecular weight is 202 g/mol. The highest BCUT2D eigenvalue weighted by Gasteiger charge is 2.10. The van der Waals surface area contributed by atoms with E-state index in [1.807, 2.05) is 0 Å². The van der Waals surface area contributed by atoms with Gasteiger partial charge >= 0.3 is 13.7 Å². The number of hydrogen-bond acceptors (Lipinski definition) is 3. The summed E-state index contributed by atoms with van der Waals surface area (Å²) in [5, 5.41) is 17.5. The normalized spacial score (nSPS) is 10.6. The first-order chi connectivity index (χ1) is 6.59. The number of rotatable bonds is 4. The first-order valence-corrected chi connectivity index (χ1v) is 3.94. The molecule has 0 aliphatic carbocycles. The molecule has 76 valence electrons. The highest BCUT2D eigenvalue weighted by Crippen LogP contribution is 2.03. The van der Waals surface area contributed by atoms with Gasteiger partial charge in [-0.3, -0.25) is 0 Å². The van der Waals surface area contributed by atoms with Gasteiger partial charge in [0.1, 0.15) is 0 Å². The van der Waals surface area contributed by atoms with E-state index in [2.05, 4.69) is 4.74 Å². The molecule has 3 nitrogen and oxygen atoms in total. The highest BCUT2D eigenvalue weighted by molar-refractivity contribution is 6.58. The van der Waals surface area contributed by atoms with Crippen LogP contribution in [0.3, 0.4) is 0 Å². The Morgan fingerprint density at radius 1 is 1.21 bits per heavy atom. The Labute approximate surface area is 80.1 Å². The third-order valence-corrected chi connectivity index (χ3v) is 1.65. The predicted octanol–water partition coefficient (Wildman–Crippen LogP) is 0.106. The Balaban J connectivity index is 2.55. The quantitative estimate of drug-likeness (QED) is 0.681. The Morgan fingerprint density at radius 2 is 1.79 bits per heavy atom. The number of benzene rings is 1. The Bertz CT molecular complexity index is 276. The zero-order valence-corrected chi connectivity index (χ0v) is 7.23. The zero-order valence-electron chi connectivity index (χ0n) is 7.23. The van der Waals surface area contributed by atoms with E-state index in [-0.39, 0.29) is 6.61 Å². The molecule has 0 unspecified atom stereocenters. The fourth-order valence-corrected chi connectivity index (χ4v) is 0.945. The van der Waals surface area contributed by atoms with Crippen LogP contribution in [0, 0.1) is 0 Å². The maximum atomic E-state index is 11.6. The number of hydrogen-bond donors (Lipinski definition) is 2. The predicted molar refractivity (Wildman–Crippen MR) is 47.1 cm³/mol. The molecule has 0 spiro atoms. The van der Waals surface area contributed by atoms with E-state index in [9.17, 15) is 8.78 Å². The summed E-state index contributed by atoms with van der Waals surface area (Å²) in [5.41, 5.74) is 0.862. The fourth-order valence-electron chi connectivity index (χ4n) is 0.945. The first kappa shape index (κ1) is 11.1. The Hall–Kier alpha value is -0.975. The van der Waals surface area contributed by atoms with Crippen molar-refractivity contribution >= 4 is 12.6 Å². The third-order valence-electron chi connectivity index (χ3n) is 1.65. The maximum Gasteiger partial charge on any atom is 0.488 e. The lowest BCUT2D eigenvalue weighted by Gasteiger charge is -2.04. The van der Waals surface area contributed by atoms with E-state index in [0.717, 1.165) is 0 Å². The van der Waals surface area contributed by atoms with Crippen molar-refractivity contribution in [3.8, 4) is 0 Å². The van der Waals surface area contributed by atoms with Crippen molar-refractivity contribution < 1.29 is 23.6 Å². The third kappa shape index (κ3) is 3.41. The molecule has 2 N–H and O–H groups in total. The molecule has 0 saturated heterocycles. The van der Waals surface area contributed by atoms with Gasteiger partial charge < -0.3 is 14.8 Å². The lowest BCUT2D eigenvalue weighted by atomic mass is 9.80. The Kier molecular flexibility index (Phi) is 4.00. The molecule has 0 bridgehead atoms. The van der Waals surface area contributed by atoms with Crippen LogP contribution < -0.4 is 5.46 Å². The SMILES string of the molecule is OB(O)c1ccc(COC(F)F)cc1. The summed E-state index contributed by atoms with van der Waals surface area (Å²) < 4.78 is 27.3. The van der Waals surface area contributed by atoms with Gasteiger partial charge in [-0.2, -0.15) is 8.78 Å². The molecule has 0 aromatic heterocycles. The largest absolute Gasteiger partial charge is 0.488 e. The van der Waals surface area contributed by atoms with E-state index in [4.69, 9.17) is 10.0 Å². The highest BCUT2D eigenvalue weighted by atomic mass is 19.3. The molecule has 0 radical (unpaired) electrons. The summed E-state index contributed by atoms with van der Waals surface area (Å²) in [6.07, 6.45) is 0. The molecule has 0 atom stereocenters. The molecular formula is C8H9BF2O3.